The number of nitrogens with zero attached hydrogens (tertiary/aromatic N) is 1. The van der Waals surface area contributed by atoms with Crippen LogP contribution in [0.4, 0.5) is 5.69 Å². The Kier molecular flexibility index (Phi) is 6.24. The van der Waals surface area contributed by atoms with Gasteiger partial charge in [0.1, 0.15) is 0 Å². The van der Waals surface area contributed by atoms with Gasteiger partial charge in [-0.05, 0) is 69.5 Å². The zero-order chi connectivity index (χ0) is 21.6. The summed E-state index contributed by atoms with van der Waals surface area (Å²) in [6.45, 7) is 0. The normalized spacial score (nSPS) is 11.5. The van der Waals surface area contributed by atoms with Crippen molar-refractivity contribution in [2.75, 3.05) is 5.32 Å². The lowest BCUT2D eigenvalue weighted by Gasteiger charge is -2.20. The number of nitrogens with one attached hydrogen (secondary N) is 2. The lowest BCUT2D eigenvalue weighted by Crippen LogP contribution is -2.29. The highest BCUT2D eigenvalue weighted by atomic mass is 79.9. The summed E-state index contributed by atoms with van der Waals surface area (Å²) in [5.41, 5.74) is 2.79. The Morgan fingerprint density at radius 1 is 0.839 bits per heavy atom. The van der Waals surface area contributed by atoms with Crippen molar-refractivity contribution < 1.29 is 14.0 Å². The summed E-state index contributed by atoms with van der Waals surface area (Å²) in [6.07, 6.45) is 3.39. The first-order valence-corrected chi connectivity index (χ1v) is 10.3. The molecule has 2 amide bonds. The minimum absolute atomic E-state index is 0.170. The minimum atomic E-state index is -0.401. The second-order valence-corrected chi connectivity index (χ2v) is 7.52. The van der Waals surface area contributed by atoms with Gasteiger partial charge in [-0.15, -0.1) is 0 Å². The van der Waals surface area contributed by atoms with Gasteiger partial charge >= 0.3 is 0 Å². The van der Waals surface area contributed by atoms with Gasteiger partial charge in [-0.25, -0.2) is 0 Å². The maximum atomic E-state index is 13.0. The molecule has 4 rings (SSSR count). The third-order valence-corrected chi connectivity index (χ3v) is 5.05. The predicted molar refractivity (Wildman–Crippen MR) is 121 cm³/mol. The Morgan fingerprint density at radius 2 is 1.58 bits per heavy atom. The molecule has 0 spiro atoms. The van der Waals surface area contributed by atoms with Crippen molar-refractivity contribution in [2.24, 2.45) is 0 Å². The van der Waals surface area contributed by atoms with E-state index < -0.39 is 5.91 Å². The van der Waals surface area contributed by atoms with Gasteiger partial charge in [-0.3, -0.25) is 14.6 Å². The summed E-state index contributed by atoms with van der Waals surface area (Å²) >= 11 is 3.17. The van der Waals surface area contributed by atoms with Gasteiger partial charge in [0.15, 0.2) is 10.4 Å². The molecule has 31 heavy (non-hydrogen) atoms. The lowest BCUT2D eigenvalue weighted by atomic mass is 9.99. The first-order valence-electron chi connectivity index (χ1n) is 9.52. The van der Waals surface area contributed by atoms with Crippen molar-refractivity contribution >= 4 is 33.4 Å². The van der Waals surface area contributed by atoms with Crippen LogP contribution in [0.25, 0.3) is 0 Å². The van der Waals surface area contributed by atoms with Crippen LogP contribution in [0.2, 0.25) is 0 Å². The van der Waals surface area contributed by atoms with Crippen molar-refractivity contribution in [3.8, 4) is 0 Å². The zero-order valence-electron chi connectivity index (χ0n) is 16.3. The summed E-state index contributed by atoms with van der Waals surface area (Å²) in [5, 5.41) is 5.82. The van der Waals surface area contributed by atoms with Crippen molar-refractivity contribution in [3.05, 3.63) is 118 Å². The maximum absolute atomic E-state index is 13.0. The molecular formula is C24H18BrN3O3. The van der Waals surface area contributed by atoms with Crippen molar-refractivity contribution in [1.82, 2.24) is 10.3 Å². The van der Waals surface area contributed by atoms with Crippen molar-refractivity contribution in [3.63, 3.8) is 0 Å². The molecule has 2 aromatic carbocycles. The van der Waals surface area contributed by atoms with Crippen LogP contribution < -0.4 is 10.6 Å². The molecule has 0 fully saturated rings. The molecule has 1 unspecified atom stereocenters. The van der Waals surface area contributed by atoms with E-state index in [1.54, 1.807) is 48.8 Å². The quantitative estimate of drug-likeness (QED) is 0.400. The summed E-state index contributed by atoms with van der Waals surface area (Å²) < 4.78 is 5.73. The molecule has 2 aromatic heterocycles. The molecule has 0 saturated carbocycles. The van der Waals surface area contributed by atoms with Crippen LogP contribution in [0, 0.1) is 0 Å². The Bertz CT molecular complexity index is 1150. The number of aromatic nitrogens is 1. The maximum Gasteiger partial charge on any atom is 0.291 e. The Hall–Kier alpha value is -3.71. The fourth-order valence-electron chi connectivity index (χ4n) is 3.14. The number of benzene rings is 2. The molecule has 2 N–H and O–H groups in total. The first-order chi connectivity index (χ1) is 15.1. The average molecular weight is 476 g/mol. The molecule has 6 nitrogen and oxygen atoms in total. The first kappa shape index (κ1) is 20.6. The number of hydrogen-bond donors (Lipinski definition) is 2. The van der Waals surface area contributed by atoms with Crippen molar-refractivity contribution in [2.45, 2.75) is 6.04 Å². The number of carbonyl (C=O) groups excluding carboxylic acids is 2. The highest BCUT2D eigenvalue weighted by Crippen LogP contribution is 2.23. The van der Waals surface area contributed by atoms with E-state index in [0.717, 1.165) is 11.1 Å². The SMILES string of the molecule is O=C(NC(c1ccccc1)c1ccncc1)c1cccc(NC(=O)c2ccc(Br)o2)c1. The topological polar surface area (TPSA) is 84.2 Å². The number of anilines is 1. The molecule has 7 heteroatoms. The van der Waals surface area contributed by atoms with Crippen LogP contribution in [-0.4, -0.2) is 16.8 Å². The van der Waals surface area contributed by atoms with E-state index in [0.29, 0.717) is 15.9 Å². The van der Waals surface area contributed by atoms with E-state index in [-0.39, 0.29) is 17.7 Å². The largest absolute Gasteiger partial charge is 0.444 e. The van der Waals surface area contributed by atoms with E-state index in [4.69, 9.17) is 4.42 Å². The number of rotatable bonds is 6. The van der Waals surface area contributed by atoms with Gasteiger partial charge in [-0.2, -0.15) is 0 Å². The Labute approximate surface area is 187 Å². The van der Waals surface area contributed by atoms with Crippen molar-refractivity contribution in [1.29, 1.82) is 0 Å². The molecule has 2 heterocycles. The highest BCUT2D eigenvalue weighted by Gasteiger charge is 2.18. The Balaban J connectivity index is 1.54. The number of halogens is 1. The molecule has 1 atom stereocenters. The van der Waals surface area contributed by atoms with Crippen LogP contribution in [0.1, 0.15) is 38.1 Å². The molecule has 0 aliphatic rings. The standard InChI is InChI=1S/C24H18BrN3O3/c25-21-10-9-20(31-21)24(30)27-19-8-4-7-18(15-19)23(29)28-22(16-5-2-1-3-6-16)17-11-13-26-14-12-17/h1-15,22H,(H,27,30)(H,28,29). The minimum Gasteiger partial charge on any atom is -0.444 e. The van der Waals surface area contributed by atoms with E-state index in [9.17, 15) is 9.59 Å². The smallest absolute Gasteiger partial charge is 0.291 e. The molecular weight excluding hydrogens is 458 g/mol. The molecule has 0 aliphatic heterocycles. The van der Waals surface area contributed by atoms with Gasteiger partial charge in [-0.1, -0.05) is 36.4 Å². The van der Waals surface area contributed by atoms with Crippen LogP contribution in [0.15, 0.2) is 100 Å². The number of hydrogen-bond acceptors (Lipinski definition) is 4. The molecule has 4 aromatic rings. The molecule has 0 saturated heterocycles. The fourth-order valence-corrected chi connectivity index (χ4v) is 3.45. The molecule has 0 radical (unpaired) electrons. The number of pyridine rings is 1. The summed E-state index contributed by atoms with van der Waals surface area (Å²) in [6, 6.07) is 23.1. The van der Waals surface area contributed by atoms with Crippen LogP contribution in [-0.2, 0) is 0 Å². The fraction of sp³-hybridized carbons (Fsp3) is 0.0417. The molecule has 0 bridgehead atoms. The van der Waals surface area contributed by atoms with E-state index >= 15 is 0 Å². The lowest BCUT2D eigenvalue weighted by molar-refractivity contribution is 0.0941. The van der Waals surface area contributed by atoms with Gasteiger partial charge in [0.2, 0.25) is 0 Å². The van der Waals surface area contributed by atoms with Crippen LogP contribution in [0.5, 0.6) is 0 Å². The number of furan rings is 1. The zero-order valence-corrected chi connectivity index (χ0v) is 17.9. The predicted octanol–water partition coefficient (Wildman–Crippen LogP) is 5.21. The van der Waals surface area contributed by atoms with Gasteiger partial charge in [0.25, 0.3) is 11.8 Å². The monoisotopic (exact) mass is 475 g/mol. The Morgan fingerprint density at radius 3 is 2.29 bits per heavy atom. The second kappa shape index (κ2) is 9.40. The summed E-state index contributed by atoms with van der Waals surface area (Å²) in [5.74, 6) is -0.492. The third kappa shape index (κ3) is 5.07. The number of carbonyl (C=O) groups is 2. The van der Waals surface area contributed by atoms with Gasteiger partial charge in [0, 0.05) is 23.6 Å². The van der Waals surface area contributed by atoms with Crippen LogP contribution in [0.3, 0.4) is 0 Å². The second-order valence-electron chi connectivity index (χ2n) is 6.74. The third-order valence-electron chi connectivity index (χ3n) is 4.63. The highest BCUT2D eigenvalue weighted by molar-refractivity contribution is 9.10. The molecule has 154 valence electrons. The number of amides is 2. The summed E-state index contributed by atoms with van der Waals surface area (Å²) in [7, 11) is 0. The van der Waals surface area contributed by atoms with E-state index in [1.807, 2.05) is 42.5 Å². The van der Waals surface area contributed by atoms with Gasteiger partial charge < -0.3 is 15.1 Å². The average Bonchev–Trinajstić information content (AvgIpc) is 3.25. The van der Waals surface area contributed by atoms with E-state index in [1.165, 1.54) is 0 Å². The summed E-state index contributed by atoms with van der Waals surface area (Å²) in [4.78, 5) is 29.4. The van der Waals surface area contributed by atoms with E-state index in [2.05, 4.69) is 31.5 Å². The van der Waals surface area contributed by atoms with Gasteiger partial charge in [0.05, 0.1) is 6.04 Å². The van der Waals surface area contributed by atoms with Crippen LogP contribution >= 0.6 is 15.9 Å². The molecule has 0 aliphatic carbocycles.